The Bertz CT molecular complexity index is 1350. The molecule has 142 valence electrons. The lowest BCUT2D eigenvalue weighted by atomic mass is 10.2. The van der Waals surface area contributed by atoms with E-state index in [9.17, 15) is 14.4 Å². The molecule has 3 heterocycles. The van der Waals surface area contributed by atoms with Crippen LogP contribution in [0.3, 0.4) is 0 Å². The first-order valence-electron chi connectivity index (χ1n) is 8.46. The molecule has 2 N–H and O–H groups in total. The van der Waals surface area contributed by atoms with Crippen molar-refractivity contribution >= 4 is 34.2 Å². The molecule has 0 aliphatic heterocycles. The molecular formula is C18H17N7O3. The van der Waals surface area contributed by atoms with Crippen molar-refractivity contribution in [3.63, 3.8) is 0 Å². The van der Waals surface area contributed by atoms with E-state index in [0.717, 1.165) is 21.0 Å². The number of aromatic amines is 1. The largest absolute Gasteiger partial charge is 0.361 e. The van der Waals surface area contributed by atoms with E-state index >= 15 is 0 Å². The zero-order valence-corrected chi connectivity index (χ0v) is 15.2. The number of nitrogens with zero attached hydrogens (tertiary/aromatic N) is 5. The van der Waals surface area contributed by atoms with Gasteiger partial charge in [-0.3, -0.25) is 18.7 Å². The quantitative estimate of drug-likeness (QED) is 0.385. The predicted octanol–water partition coefficient (Wildman–Crippen LogP) is 0.0653. The molecule has 0 bridgehead atoms. The zero-order chi connectivity index (χ0) is 19.8. The van der Waals surface area contributed by atoms with Gasteiger partial charge < -0.3 is 9.55 Å². The maximum atomic E-state index is 12.4. The summed E-state index contributed by atoms with van der Waals surface area (Å²) in [6.45, 7) is -0.158. The fourth-order valence-corrected chi connectivity index (χ4v) is 3.08. The summed E-state index contributed by atoms with van der Waals surface area (Å²) in [6, 6.07) is 7.75. The van der Waals surface area contributed by atoms with Crippen molar-refractivity contribution in [2.75, 3.05) is 0 Å². The van der Waals surface area contributed by atoms with E-state index in [1.165, 1.54) is 29.6 Å². The number of carbonyl (C=O) groups is 1. The minimum Gasteiger partial charge on any atom is -0.361 e. The van der Waals surface area contributed by atoms with Crippen LogP contribution < -0.4 is 16.7 Å². The predicted molar refractivity (Wildman–Crippen MR) is 104 cm³/mol. The molecule has 28 heavy (non-hydrogen) atoms. The fourth-order valence-electron chi connectivity index (χ4n) is 3.08. The van der Waals surface area contributed by atoms with Crippen LogP contribution in [0.15, 0.2) is 51.5 Å². The van der Waals surface area contributed by atoms with Crippen LogP contribution in [0.2, 0.25) is 0 Å². The molecule has 0 radical (unpaired) electrons. The molecule has 0 aliphatic carbocycles. The van der Waals surface area contributed by atoms with Crippen molar-refractivity contribution in [2.45, 2.75) is 6.54 Å². The Morgan fingerprint density at radius 1 is 1.25 bits per heavy atom. The van der Waals surface area contributed by atoms with Gasteiger partial charge in [0.25, 0.3) is 11.5 Å². The Kier molecular flexibility index (Phi) is 4.15. The van der Waals surface area contributed by atoms with Gasteiger partial charge in [0.2, 0.25) is 0 Å². The summed E-state index contributed by atoms with van der Waals surface area (Å²) in [5.41, 5.74) is 3.67. The molecule has 0 saturated heterocycles. The van der Waals surface area contributed by atoms with Gasteiger partial charge in [-0.25, -0.2) is 15.2 Å². The van der Waals surface area contributed by atoms with Crippen LogP contribution in [0.1, 0.15) is 5.56 Å². The van der Waals surface area contributed by atoms with Crippen LogP contribution in [-0.2, 0) is 25.4 Å². The van der Waals surface area contributed by atoms with Crippen molar-refractivity contribution in [2.24, 2.45) is 19.2 Å². The average molecular weight is 379 g/mol. The number of hydrazone groups is 1. The maximum absolute atomic E-state index is 12.4. The molecule has 0 saturated carbocycles. The second kappa shape index (κ2) is 6.65. The highest BCUT2D eigenvalue weighted by atomic mass is 16.2. The first-order valence-corrected chi connectivity index (χ1v) is 8.46. The number of hydrogen-bond donors (Lipinski definition) is 2. The van der Waals surface area contributed by atoms with E-state index in [0.29, 0.717) is 0 Å². The third-order valence-corrected chi connectivity index (χ3v) is 4.55. The van der Waals surface area contributed by atoms with Gasteiger partial charge in [0.1, 0.15) is 6.54 Å². The van der Waals surface area contributed by atoms with E-state index in [2.05, 4.69) is 20.5 Å². The lowest BCUT2D eigenvalue weighted by Crippen LogP contribution is -2.38. The SMILES string of the molecule is Cn1c(=O)c2c(ncn2CC(=O)N/N=C/c2c[nH]c3ccccc23)n(C)c1=O. The number of amides is 1. The monoisotopic (exact) mass is 379 g/mol. The van der Waals surface area contributed by atoms with Gasteiger partial charge in [0.05, 0.1) is 12.5 Å². The number of H-pyrrole nitrogens is 1. The minimum atomic E-state index is -0.509. The van der Waals surface area contributed by atoms with Crippen LogP contribution in [0, 0.1) is 0 Å². The van der Waals surface area contributed by atoms with Crippen molar-refractivity contribution < 1.29 is 4.79 Å². The topological polar surface area (TPSA) is 119 Å². The second-order valence-corrected chi connectivity index (χ2v) is 6.33. The number of imidazole rings is 1. The maximum Gasteiger partial charge on any atom is 0.332 e. The van der Waals surface area contributed by atoms with E-state index in [1.54, 1.807) is 12.4 Å². The highest BCUT2D eigenvalue weighted by molar-refractivity contribution is 5.99. The first-order chi connectivity index (χ1) is 13.5. The first kappa shape index (κ1) is 17.5. The van der Waals surface area contributed by atoms with Gasteiger partial charge in [-0.05, 0) is 6.07 Å². The Hall–Kier alpha value is -3.95. The van der Waals surface area contributed by atoms with Crippen LogP contribution >= 0.6 is 0 Å². The third-order valence-electron chi connectivity index (χ3n) is 4.55. The molecule has 10 nitrogen and oxygen atoms in total. The number of benzene rings is 1. The summed E-state index contributed by atoms with van der Waals surface area (Å²) in [6.07, 6.45) is 4.70. The molecular weight excluding hydrogens is 362 g/mol. The van der Waals surface area contributed by atoms with E-state index < -0.39 is 17.2 Å². The summed E-state index contributed by atoms with van der Waals surface area (Å²) >= 11 is 0. The molecule has 0 aliphatic rings. The number of aryl methyl sites for hydroxylation is 1. The lowest BCUT2D eigenvalue weighted by molar-refractivity contribution is -0.121. The van der Waals surface area contributed by atoms with Crippen molar-refractivity contribution in [3.05, 3.63) is 63.2 Å². The minimum absolute atomic E-state index is 0.158. The number of para-hydroxylation sites is 1. The Morgan fingerprint density at radius 2 is 2.04 bits per heavy atom. The van der Waals surface area contributed by atoms with Crippen LogP contribution in [0.5, 0.6) is 0 Å². The van der Waals surface area contributed by atoms with Gasteiger partial charge in [-0.2, -0.15) is 5.10 Å². The standard InChI is InChI=1S/C18H17N7O3/c1-23-16-15(17(27)24(2)18(23)28)25(10-20-16)9-14(26)22-21-8-11-7-19-13-6-4-3-5-12(11)13/h3-8,10,19H,9H2,1-2H3,(H,22,26)/b21-8+. The highest BCUT2D eigenvalue weighted by Gasteiger charge is 2.15. The molecule has 0 fully saturated rings. The molecule has 0 unspecified atom stereocenters. The lowest BCUT2D eigenvalue weighted by Gasteiger charge is -2.05. The zero-order valence-electron chi connectivity index (χ0n) is 15.2. The number of aromatic nitrogens is 5. The van der Waals surface area contributed by atoms with E-state index in [4.69, 9.17) is 0 Å². The summed E-state index contributed by atoms with van der Waals surface area (Å²) in [5, 5.41) is 4.97. The summed E-state index contributed by atoms with van der Waals surface area (Å²) < 4.78 is 3.64. The van der Waals surface area contributed by atoms with Gasteiger partial charge in [-0.15, -0.1) is 0 Å². The molecule has 1 amide bonds. The average Bonchev–Trinajstić information content (AvgIpc) is 3.29. The van der Waals surface area contributed by atoms with Gasteiger partial charge in [-0.1, -0.05) is 18.2 Å². The number of fused-ring (bicyclic) bond motifs is 2. The normalized spacial score (nSPS) is 11.6. The van der Waals surface area contributed by atoms with Crippen LogP contribution in [0.25, 0.3) is 22.1 Å². The molecule has 3 aromatic heterocycles. The van der Waals surface area contributed by atoms with Gasteiger partial charge >= 0.3 is 5.69 Å². The van der Waals surface area contributed by atoms with Gasteiger partial charge in [0.15, 0.2) is 11.2 Å². The Labute approximate surface area is 157 Å². The van der Waals surface area contributed by atoms with Crippen molar-refractivity contribution in [1.29, 1.82) is 0 Å². The Morgan fingerprint density at radius 3 is 2.86 bits per heavy atom. The molecule has 4 aromatic rings. The second-order valence-electron chi connectivity index (χ2n) is 6.33. The molecule has 10 heteroatoms. The Balaban J connectivity index is 1.55. The smallest absolute Gasteiger partial charge is 0.332 e. The van der Waals surface area contributed by atoms with E-state index in [-0.39, 0.29) is 17.7 Å². The number of hydrogen-bond acceptors (Lipinski definition) is 5. The summed E-state index contributed by atoms with van der Waals surface area (Å²) in [7, 11) is 2.90. The number of carbonyl (C=O) groups excluding carboxylic acids is 1. The molecule has 0 spiro atoms. The number of nitrogens with one attached hydrogen (secondary N) is 2. The molecule has 4 rings (SSSR count). The van der Waals surface area contributed by atoms with Gasteiger partial charge in [0, 0.05) is 36.8 Å². The third kappa shape index (κ3) is 2.80. The number of rotatable bonds is 4. The van der Waals surface area contributed by atoms with Crippen LogP contribution in [0.4, 0.5) is 0 Å². The molecule has 1 aromatic carbocycles. The van der Waals surface area contributed by atoms with Crippen molar-refractivity contribution in [1.82, 2.24) is 29.1 Å². The highest BCUT2D eigenvalue weighted by Crippen LogP contribution is 2.15. The van der Waals surface area contributed by atoms with Crippen molar-refractivity contribution in [3.8, 4) is 0 Å². The molecule has 0 atom stereocenters. The fraction of sp³-hybridized carbons (Fsp3) is 0.167. The summed E-state index contributed by atoms with van der Waals surface area (Å²) in [4.78, 5) is 43.8. The van der Waals surface area contributed by atoms with E-state index in [1.807, 2.05) is 24.3 Å². The van der Waals surface area contributed by atoms with Crippen LogP contribution in [-0.4, -0.2) is 35.8 Å². The summed E-state index contributed by atoms with van der Waals surface area (Å²) in [5.74, 6) is -0.425.